The smallest absolute Gasteiger partial charge is 0.267 e. The van der Waals surface area contributed by atoms with E-state index in [9.17, 15) is 9.59 Å². The van der Waals surface area contributed by atoms with Crippen LogP contribution < -0.4 is 15.2 Å². The fraction of sp³-hybridized carbons (Fsp3) is 0.174. The second kappa shape index (κ2) is 8.16. The van der Waals surface area contributed by atoms with Gasteiger partial charge in [-0.3, -0.25) is 14.6 Å². The number of carbonyl (C=O) groups is 2. The zero-order valence-corrected chi connectivity index (χ0v) is 17.0. The van der Waals surface area contributed by atoms with Crippen LogP contribution in [-0.4, -0.2) is 23.3 Å². The lowest BCUT2D eigenvalue weighted by Crippen LogP contribution is -2.17. The number of carbonyl (C=O) groups excluding carboxylic acids is 2. The number of nitrogens with zero attached hydrogens (tertiary/aromatic N) is 1. The van der Waals surface area contributed by atoms with Crippen LogP contribution in [0.25, 0.3) is 0 Å². The quantitative estimate of drug-likeness (QED) is 0.662. The highest BCUT2D eigenvalue weighted by molar-refractivity contribution is 6.30. The molecule has 2 heterocycles. The van der Waals surface area contributed by atoms with Crippen molar-refractivity contribution in [1.29, 1.82) is 0 Å². The van der Waals surface area contributed by atoms with Crippen molar-refractivity contribution in [3.05, 3.63) is 87.7 Å². The van der Waals surface area contributed by atoms with Gasteiger partial charge in [0.05, 0.1) is 12.2 Å². The minimum absolute atomic E-state index is 0.0615. The van der Waals surface area contributed by atoms with E-state index in [1.165, 1.54) is 0 Å². The van der Waals surface area contributed by atoms with Crippen molar-refractivity contribution < 1.29 is 19.1 Å². The lowest BCUT2D eigenvalue weighted by Gasteiger charge is -2.24. The Labute approximate surface area is 178 Å². The molecule has 1 atom stereocenters. The summed E-state index contributed by atoms with van der Waals surface area (Å²) in [6, 6.07) is 14.1. The predicted molar refractivity (Wildman–Crippen MR) is 112 cm³/mol. The van der Waals surface area contributed by atoms with E-state index < -0.39 is 12.0 Å². The number of amides is 1. The van der Waals surface area contributed by atoms with E-state index in [-0.39, 0.29) is 11.5 Å². The van der Waals surface area contributed by atoms with E-state index in [4.69, 9.17) is 26.8 Å². The van der Waals surface area contributed by atoms with Crippen LogP contribution in [0.5, 0.6) is 11.5 Å². The summed E-state index contributed by atoms with van der Waals surface area (Å²) in [5.41, 5.74) is 8.37. The van der Waals surface area contributed by atoms with Crippen molar-refractivity contribution >= 4 is 23.3 Å². The molecule has 0 aliphatic carbocycles. The molecule has 1 aliphatic heterocycles. The lowest BCUT2D eigenvalue weighted by atomic mass is 10.00. The first kappa shape index (κ1) is 19.9. The lowest BCUT2D eigenvalue weighted by molar-refractivity contribution is 0.0931. The third kappa shape index (κ3) is 3.86. The molecule has 0 saturated carbocycles. The summed E-state index contributed by atoms with van der Waals surface area (Å²) in [6.45, 7) is 2.22. The van der Waals surface area contributed by atoms with Gasteiger partial charge in [0.1, 0.15) is 17.2 Å². The highest BCUT2D eigenvalue weighted by Gasteiger charge is 2.24. The monoisotopic (exact) mass is 422 g/mol. The minimum Gasteiger partial charge on any atom is -0.492 e. The number of halogens is 1. The van der Waals surface area contributed by atoms with Crippen molar-refractivity contribution in [2.45, 2.75) is 19.4 Å². The van der Waals surface area contributed by atoms with Gasteiger partial charge in [-0.2, -0.15) is 0 Å². The Balaban J connectivity index is 1.74. The van der Waals surface area contributed by atoms with Crippen molar-refractivity contribution in [3.63, 3.8) is 0 Å². The summed E-state index contributed by atoms with van der Waals surface area (Å²) in [4.78, 5) is 27.7. The number of Topliss-reactive ketones (excluding diaryl/α,β-unsaturated/α-hetero) is 1. The molecule has 0 spiro atoms. The topological polar surface area (TPSA) is 91.5 Å². The highest BCUT2D eigenvalue weighted by Crippen LogP contribution is 2.38. The first-order valence-corrected chi connectivity index (χ1v) is 9.79. The van der Waals surface area contributed by atoms with Crippen molar-refractivity contribution in [2.24, 2.45) is 5.73 Å². The molecule has 0 unspecified atom stereocenters. The summed E-state index contributed by atoms with van der Waals surface area (Å²) < 4.78 is 12.1. The largest absolute Gasteiger partial charge is 0.492 e. The standard InChI is InChI=1S/C23H19ClN2O4/c1-13-20(9-7-17-19(27)10-11-29-21(13)17)30-22(14-2-5-16(24)6-3-14)15-4-8-18(23(25)28)26-12-15/h2-9,12,22H,10-11H2,1H3,(H2,25,28)/t22-/m0/s1. The fourth-order valence-corrected chi connectivity index (χ4v) is 3.51. The fourth-order valence-electron chi connectivity index (χ4n) is 3.39. The number of aromatic nitrogens is 1. The second-order valence-electron chi connectivity index (χ2n) is 6.98. The summed E-state index contributed by atoms with van der Waals surface area (Å²) in [7, 11) is 0. The number of hydrogen-bond donors (Lipinski definition) is 1. The van der Waals surface area contributed by atoms with E-state index in [0.717, 1.165) is 16.7 Å². The molecule has 7 heteroatoms. The van der Waals surface area contributed by atoms with Crippen LogP contribution in [0.1, 0.15) is 50.1 Å². The summed E-state index contributed by atoms with van der Waals surface area (Å²) >= 11 is 6.04. The van der Waals surface area contributed by atoms with Crippen LogP contribution in [0.15, 0.2) is 54.7 Å². The molecule has 2 N–H and O–H groups in total. The van der Waals surface area contributed by atoms with E-state index in [2.05, 4.69) is 4.98 Å². The van der Waals surface area contributed by atoms with E-state index in [1.54, 1.807) is 42.6 Å². The molecule has 4 rings (SSSR count). The Hall–Kier alpha value is -3.38. The molecular formula is C23H19ClN2O4. The molecule has 1 aromatic heterocycles. The molecule has 2 aromatic carbocycles. The first-order chi connectivity index (χ1) is 14.4. The third-order valence-electron chi connectivity index (χ3n) is 4.99. The highest BCUT2D eigenvalue weighted by atomic mass is 35.5. The van der Waals surface area contributed by atoms with Crippen molar-refractivity contribution in [1.82, 2.24) is 4.98 Å². The Morgan fingerprint density at radius 3 is 2.53 bits per heavy atom. The molecule has 0 saturated heterocycles. The molecule has 0 bridgehead atoms. The Morgan fingerprint density at radius 2 is 1.87 bits per heavy atom. The molecular weight excluding hydrogens is 404 g/mol. The molecule has 1 amide bonds. The second-order valence-corrected chi connectivity index (χ2v) is 7.41. The molecule has 6 nitrogen and oxygen atoms in total. The predicted octanol–water partition coefficient (Wildman–Crippen LogP) is 4.28. The van der Waals surface area contributed by atoms with Crippen LogP contribution in [0.2, 0.25) is 5.02 Å². The summed E-state index contributed by atoms with van der Waals surface area (Å²) in [5, 5.41) is 0.608. The molecule has 152 valence electrons. The van der Waals surface area contributed by atoms with Gasteiger partial charge in [-0.1, -0.05) is 29.8 Å². The number of pyridine rings is 1. The SMILES string of the molecule is Cc1c(O[C@@H](c2ccc(Cl)cc2)c2ccc(C(N)=O)nc2)ccc2c1OCCC2=O. The molecule has 1 aliphatic rings. The van der Waals surface area contributed by atoms with E-state index in [1.807, 2.05) is 19.1 Å². The van der Waals surface area contributed by atoms with E-state index >= 15 is 0 Å². The van der Waals surface area contributed by atoms with Gasteiger partial charge in [0, 0.05) is 28.8 Å². The minimum atomic E-state index is -0.599. The number of ketones is 1. The number of fused-ring (bicyclic) bond motifs is 1. The van der Waals surface area contributed by atoms with Gasteiger partial charge in [-0.05, 0) is 42.8 Å². The zero-order chi connectivity index (χ0) is 21.3. The van der Waals surface area contributed by atoms with Gasteiger partial charge < -0.3 is 15.2 Å². The third-order valence-corrected chi connectivity index (χ3v) is 5.24. The molecule has 0 fully saturated rings. The number of hydrogen-bond acceptors (Lipinski definition) is 5. The average Bonchev–Trinajstić information content (AvgIpc) is 2.75. The van der Waals surface area contributed by atoms with Gasteiger partial charge in [0.2, 0.25) is 0 Å². The summed E-state index contributed by atoms with van der Waals surface area (Å²) in [6.07, 6.45) is 1.41. The average molecular weight is 423 g/mol. The summed E-state index contributed by atoms with van der Waals surface area (Å²) in [5.74, 6) is 0.604. The maximum atomic E-state index is 12.2. The first-order valence-electron chi connectivity index (χ1n) is 9.41. The van der Waals surface area contributed by atoms with Gasteiger partial charge in [0.15, 0.2) is 11.9 Å². The van der Waals surface area contributed by atoms with Crippen LogP contribution in [-0.2, 0) is 0 Å². The maximum absolute atomic E-state index is 12.2. The van der Waals surface area contributed by atoms with Gasteiger partial charge in [-0.15, -0.1) is 0 Å². The van der Waals surface area contributed by atoms with Crippen LogP contribution in [0.4, 0.5) is 0 Å². The van der Waals surface area contributed by atoms with Gasteiger partial charge in [0.25, 0.3) is 5.91 Å². The number of rotatable bonds is 5. The normalized spacial score (nSPS) is 13.9. The maximum Gasteiger partial charge on any atom is 0.267 e. The van der Waals surface area contributed by atoms with Gasteiger partial charge >= 0.3 is 0 Å². The number of ether oxygens (including phenoxy) is 2. The zero-order valence-electron chi connectivity index (χ0n) is 16.2. The number of benzene rings is 2. The molecule has 3 aromatic rings. The molecule has 30 heavy (non-hydrogen) atoms. The Kier molecular flexibility index (Phi) is 5.42. The van der Waals surface area contributed by atoms with Crippen molar-refractivity contribution in [2.75, 3.05) is 6.61 Å². The van der Waals surface area contributed by atoms with Gasteiger partial charge in [-0.25, -0.2) is 0 Å². The van der Waals surface area contributed by atoms with Crippen LogP contribution in [0, 0.1) is 6.92 Å². The Bertz CT molecular complexity index is 1110. The molecule has 0 radical (unpaired) electrons. The van der Waals surface area contributed by atoms with Crippen LogP contribution >= 0.6 is 11.6 Å². The van der Waals surface area contributed by atoms with E-state index in [0.29, 0.717) is 35.1 Å². The van der Waals surface area contributed by atoms with Crippen molar-refractivity contribution in [3.8, 4) is 11.5 Å². The Morgan fingerprint density at radius 1 is 1.13 bits per heavy atom. The number of nitrogens with two attached hydrogens (primary N) is 1. The number of primary amides is 1. The van der Waals surface area contributed by atoms with Crippen LogP contribution in [0.3, 0.4) is 0 Å².